The van der Waals surface area contributed by atoms with Crippen molar-refractivity contribution in [2.24, 2.45) is 21.8 Å². The SMILES string of the molecule is Oc1ccccc1C=NCC1CCC(CN=Cc2ccccc2O)CC1. The lowest BCUT2D eigenvalue weighted by Crippen LogP contribution is -2.18. The van der Waals surface area contributed by atoms with E-state index in [-0.39, 0.29) is 11.5 Å². The van der Waals surface area contributed by atoms with E-state index < -0.39 is 0 Å². The second kappa shape index (κ2) is 9.18. The highest BCUT2D eigenvalue weighted by Gasteiger charge is 2.20. The van der Waals surface area contributed by atoms with Gasteiger partial charge in [0.2, 0.25) is 0 Å². The molecule has 0 unspecified atom stereocenters. The third kappa shape index (κ3) is 5.19. The number of aromatic hydroxyl groups is 2. The van der Waals surface area contributed by atoms with Crippen LogP contribution in [0.1, 0.15) is 36.8 Å². The zero-order valence-electron chi connectivity index (χ0n) is 15.0. The number of hydrogen-bond donors (Lipinski definition) is 2. The van der Waals surface area contributed by atoms with Gasteiger partial charge in [-0.1, -0.05) is 24.3 Å². The standard InChI is InChI=1S/C22H26N2O2/c25-21-7-3-1-5-19(21)15-23-13-17-9-11-18(12-10-17)14-24-16-20-6-2-4-8-22(20)26/h1-8,15-18,25-26H,9-14H2. The van der Waals surface area contributed by atoms with Crippen LogP contribution in [0.5, 0.6) is 11.5 Å². The Morgan fingerprint density at radius 1 is 0.692 bits per heavy atom. The number of nitrogens with zero attached hydrogens (tertiary/aromatic N) is 2. The van der Waals surface area contributed by atoms with Crippen LogP contribution in [0.4, 0.5) is 0 Å². The van der Waals surface area contributed by atoms with Gasteiger partial charge in [-0.05, 0) is 61.8 Å². The monoisotopic (exact) mass is 350 g/mol. The molecule has 1 saturated carbocycles. The summed E-state index contributed by atoms with van der Waals surface area (Å²) in [6, 6.07) is 14.6. The summed E-state index contributed by atoms with van der Waals surface area (Å²) < 4.78 is 0. The minimum Gasteiger partial charge on any atom is -0.507 e. The number of phenolic OH excluding ortho intramolecular Hbond substituents is 2. The van der Waals surface area contributed by atoms with Crippen LogP contribution in [-0.2, 0) is 0 Å². The van der Waals surface area contributed by atoms with Gasteiger partial charge in [0.15, 0.2) is 0 Å². The van der Waals surface area contributed by atoms with E-state index in [1.165, 1.54) is 25.7 Å². The number of hydrogen-bond acceptors (Lipinski definition) is 4. The molecule has 0 atom stereocenters. The number of para-hydroxylation sites is 2. The largest absolute Gasteiger partial charge is 0.507 e. The summed E-state index contributed by atoms with van der Waals surface area (Å²) in [7, 11) is 0. The van der Waals surface area contributed by atoms with Crippen LogP contribution in [0, 0.1) is 11.8 Å². The Balaban J connectivity index is 1.40. The zero-order valence-corrected chi connectivity index (χ0v) is 15.0. The van der Waals surface area contributed by atoms with Gasteiger partial charge in [0.05, 0.1) is 0 Å². The fourth-order valence-corrected chi connectivity index (χ4v) is 3.39. The molecule has 0 amide bonds. The first-order valence-electron chi connectivity index (χ1n) is 9.28. The molecule has 2 aromatic carbocycles. The summed E-state index contributed by atoms with van der Waals surface area (Å²) in [6.45, 7) is 1.64. The van der Waals surface area contributed by atoms with Crippen molar-refractivity contribution in [3.8, 4) is 11.5 Å². The van der Waals surface area contributed by atoms with Gasteiger partial charge in [-0.3, -0.25) is 9.98 Å². The molecule has 3 rings (SSSR count). The maximum Gasteiger partial charge on any atom is 0.124 e. The number of rotatable bonds is 6. The predicted molar refractivity (Wildman–Crippen MR) is 107 cm³/mol. The average Bonchev–Trinajstić information content (AvgIpc) is 2.66. The quantitative estimate of drug-likeness (QED) is 0.756. The highest BCUT2D eigenvalue weighted by atomic mass is 16.3. The molecule has 4 heteroatoms. The number of aliphatic imine (C=N–C) groups is 2. The van der Waals surface area contributed by atoms with Crippen LogP contribution in [0.2, 0.25) is 0 Å². The molecule has 4 nitrogen and oxygen atoms in total. The van der Waals surface area contributed by atoms with Crippen LogP contribution in [0.25, 0.3) is 0 Å². The summed E-state index contributed by atoms with van der Waals surface area (Å²) in [6.07, 6.45) is 8.25. The smallest absolute Gasteiger partial charge is 0.124 e. The zero-order chi connectivity index (χ0) is 18.2. The topological polar surface area (TPSA) is 65.2 Å². The molecule has 136 valence electrons. The minimum atomic E-state index is 0.280. The van der Waals surface area contributed by atoms with E-state index in [4.69, 9.17) is 0 Å². The van der Waals surface area contributed by atoms with Crippen molar-refractivity contribution in [1.82, 2.24) is 0 Å². The minimum absolute atomic E-state index is 0.280. The van der Waals surface area contributed by atoms with Crippen molar-refractivity contribution in [3.05, 3.63) is 59.7 Å². The third-order valence-electron chi connectivity index (χ3n) is 5.03. The van der Waals surface area contributed by atoms with Crippen molar-refractivity contribution in [1.29, 1.82) is 0 Å². The average molecular weight is 350 g/mol. The molecular weight excluding hydrogens is 324 g/mol. The van der Waals surface area contributed by atoms with E-state index in [1.807, 2.05) is 36.4 Å². The molecule has 0 heterocycles. The summed E-state index contributed by atoms with van der Waals surface area (Å²) >= 11 is 0. The second-order valence-electron chi connectivity index (χ2n) is 6.99. The van der Waals surface area contributed by atoms with Crippen LogP contribution < -0.4 is 0 Å². The first kappa shape index (κ1) is 18.2. The lowest BCUT2D eigenvalue weighted by molar-refractivity contribution is 0.286. The molecule has 0 radical (unpaired) electrons. The van der Waals surface area contributed by atoms with Crippen molar-refractivity contribution in [2.75, 3.05) is 13.1 Å². The van der Waals surface area contributed by atoms with Crippen molar-refractivity contribution < 1.29 is 10.2 Å². The van der Waals surface area contributed by atoms with E-state index in [1.54, 1.807) is 24.6 Å². The Morgan fingerprint density at radius 3 is 1.46 bits per heavy atom. The fraction of sp³-hybridized carbons (Fsp3) is 0.364. The predicted octanol–water partition coefficient (Wildman–Crippen LogP) is 4.44. The Bertz CT molecular complexity index is 697. The van der Waals surface area contributed by atoms with E-state index in [9.17, 15) is 10.2 Å². The van der Waals surface area contributed by atoms with Gasteiger partial charge in [0.1, 0.15) is 11.5 Å². The summed E-state index contributed by atoms with van der Waals surface area (Å²) in [5.74, 6) is 1.80. The molecule has 1 aliphatic rings. The number of phenols is 2. The van der Waals surface area contributed by atoms with Crippen LogP contribution in [0.15, 0.2) is 58.5 Å². The first-order chi connectivity index (χ1) is 12.7. The van der Waals surface area contributed by atoms with Gasteiger partial charge >= 0.3 is 0 Å². The van der Waals surface area contributed by atoms with Gasteiger partial charge in [0, 0.05) is 36.6 Å². The highest BCUT2D eigenvalue weighted by Crippen LogP contribution is 2.29. The Labute approximate surface area is 155 Å². The van der Waals surface area contributed by atoms with Gasteiger partial charge < -0.3 is 10.2 Å². The molecule has 1 aliphatic carbocycles. The van der Waals surface area contributed by atoms with E-state index in [2.05, 4.69) is 9.98 Å². The van der Waals surface area contributed by atoms with Crippen molar-refractivity contribution >= 4 is 12.4 Å². The molecule has 26 heavy (non-hydrogen) atoms. The van der Waals surface area contributed by atoms with Crippen LogP contribution in [-0.4, -0.2) is 35.7 Å². The Morgan fingerprint density at radius 2 is 1.08 bits per heavy atom. The Kier molecular flexibility index (Phi) is 6.42. The van der Waals surface area contributed by atoms with Gasteiger partial charge in [0.25, 0.3) is 0 Å². The summed E-state index contributed by atoms with van der Waals surface area (Å²) in [4.78, 5) is 9.04. The van der Waals surface area contributed by atoms with E-state index >= 15 is 0 Å². The summed E-state index contributed by atoms with van der Waals surface area (Å²) in [5.41, 5.74) is 1.55. The normalized spacial score (nSPS) is 20.8. The first-order valence-corrected chi connectivity index (χ1v) is 9.28. The number of benzene rings is 2. The fourth-order valence-electron chi connectivity index (χ4n) is 3.39. The highest BCUT2D eigenvalue weighted by molar-refractivity contribution is 5.83. The summed E-state index contributed by atoms with van der Waals surface area (Å²) in [5, 5.41) is 19.5. The van der Waals surface area contributed by atoms with Gasteiger partial charge in [-0.2, -0.15) is 0 Å². The van der Waals surface area contributed by atoms with Crippen molar-refractivity contribution in [3.63, 3.8) is 0 Å². The molecule has 2 N–H and O–H groups in total. The maximum atomic E-state index is 9.74. The van der Waals surface area contributed by atoms with E-state index in [0.29, 0.717) is 11.8 Å². The molecule has 0 aliphatic heterocycles. The lowest BCUT2D eigenvalue weighted by atomic mass is 9.82. The third-order valence-corrected chi connectivity index (χ3v) is 5.03. The molecule has 0 saturated heterocycles. The van der Waals surface area contributed by atoms with Crippen LogP contribution in [0.3, 0.4) is 0 Å². The lowest BCUT2D eigenvalue weighted by Gasteiger charge is -2.26. The second-order valence-corrected chi connectivity index (χ2v) is 6.99. The molecule has 0 aromatic heterocycles. The molecule has 0 spiro atoms. The molecule has 1 fully saturated rings. The van der Waals surface area contributed by atoms with E-state index in [0.717, 1.165) is 24.2 Å². The Hall–Kier alpha value is -2.62. The maximum absolute atomic E-state index is 9.74. The van der Waals surface area contributed by atoms with Gasteiger partial charge in [-0.15, -0.1) is 0 Å². The molecular formula is C22H26N2O2. The molecule has 2 aromatic rings. The van der Waals surface area contributed by atoms with Crippen LogP contribution >= 0.6 is 0 Å². The van der Waals surface area contributed by atoms with Gasteiger partial charge in [-0.25, -0.2) is 0 Å². The molecule has 0 bridgehead atoms. The van der Waals surface area contributed by atoms with Crippen molar-refractivity contribution in [2.45, 2.75) is 25.7 Å².